The number of esters is 3. The van der Waals surface area contributed by atoms with Crippen molar-refractivity contribution in [1.82, 2.24) is 0 Å². The molecule has 0 fully saturated rings. The molecule has 0 spiro atoms. The lowest BCUT2D eigenvalue weighted by molar-refractivity contribution is -0.167. The molecular formula is C69H128O6. The zero-order valence-corrected chi connectivity index (χ0v) is 50.6. The fraction of sp³-hybridized carbons (Fsp3) is 0.870. The van der Waals surface area contributed by atoms with E-state index in [1.54, 1.807) is 0 Å². The molecular weight excluding hydrogens is 925 g/mol. The number of hydrogen-bond acceptors (Lipinski definition) is 6. The molecule has 0 aliphatic carbocycles. The van der Waals surface area contributed by atoms with E-state index in [9.17, 15) is 14.4 Å². The Kier molecular flexibility index (Phi) is 62.1. The van der Waals surface area contributed by atoms with Crippen LogP contribution in [0.5, 0.6) is 0 Å². The normalized spacial score (nSPS) is 12.2. The van der Waals surface area contributed by atoms with Gasteiger partial charge in [-0.1, -0.05) is 327 Å². The molecule has 0 aliphatic heterocycles. The summed E-state index contributed by atoms with van der Waals surface area (Å²) in [5.41, 5.74) is 0. The number of hydrogen-bond donors (Lipinski definition) is 0. The zero-order valence-electron chi connectivity index (χ0n) is 50.6. The predicted molar refractivity (Wildman–Crippen MR) is 326 cm³/mol. The van der Waals surface area contributed by atoms with Crippen molar-refractivity contribution >= 4 is 17.9 Å². The van der Waals surface area contributed by atoms with Gasteiger partial charge in [0.05, 0.1) is 0 Å². The summed E-state index contributed by atoms with van der Waals surface area (Å²) in [6.45, 7) is 6.65. The van der Waals surface area contributed by atoms with Gasteiger partial charge >= 0.3 is 17.9 Å². The molecule has 440 valence electrons. The highest BCUT2D eigenvalue weighted by molar-refractivity contribution is 5.71. The van der Waals surface area contributed by atoms with Gasteiger partial charge in [-0.15, -0.1) is 0 Å². The monoisotopic (exact) mass is 1050 g/mol. The highest BCUT2D eigenvalue weighted by Gasteiger charge is 2.19. The van der Waals surface area contributed by atoms with Gasteiger partial charge in [-0.3, -0.25) is 14.4 Å². The number of carbonyl (C=O) groups is 3. The topological polar surface area (TPSA) is 78.9 Å². The van der Waals surface area contributed by atoms with Crippen molar-refractivity contribution in [3.05, 3.63) is 36.5 Å². The van der Waals surface area contributed by atoms with Gasteiger partial charge < -0.3 is 14.2 Å². The van der Waals surface area contributed by atoms with Crippen LogP contribution in [0, 0.1) is 0 Å². The van der Waals surface area contributed by atoms with Crippen LogP contribution in [0.2, 0.25) is 0 Å². The van der Waals surface area contributed by atoms with Crippen molar-refractivity contribution < 1.29 is 28.6 Å². The van der Waals surface area contributed by atoms with Gasteiger partial charge in [0.15, 0.2) is 6.10 Å². The summed E-state index contributed by atoms with van der Waals surface area (Å²) in [5, 5.41) is 0. The van der Waals surface area contributed by atoms with Crippen molar-refractivity contribution in [1.29, 1.82) is 0 Å². The van der Waals surface area contributed by atoms with E-state index in [4.69, 9.17) is 14.2 Å². The molecule has 6 nitrogen and oxygen atoms in total. The second kappa shape index (κ2) is 64.2. The molecule has 0 bridgehead atoms. The number of allylic oxidation sites excluding steroid dienone is 6. The van der Waals surface area contributed by atoms with Crippen molar-refractivity contribution in [2.75, 3.05) is 13.2 Å². The molecule has 0 N–H and O–H groups in total. The fourth-order valence-corrected chi connectivity index (χ4v) is 10.1. The lowest BCUT2D eigenvalue weighted by Gasteiger charge is -2.18. The van der Waals surface area contributed by atoms with Crippen LogP contribution in [-0.4, -0.2) is 37.2 Å². The lowest BCUT2D eigenvalue weighted by Crippen LogP contribution is -2.30. The quantitative estimate of drug-likeness (QED) is 0.0261. The minimum absolute atomic E-state index is 0.0662. The smallest absolute Gasteiger partial charge is 0.306 e. The summed E-state index contributed by atoms with van der Waals surface area (Å²) in [5.74, 6) is -0.848. The van der Waals surface area contributed by atoms with Gasteiger partial charge in [0, 0.05) is 19.3 Å². The Labute approximate surface area is 467 Å². The van der Waals surface area contributed by atoms with Gasteiger partial charge in [-0.25, -0.2) is 0 Å². The number of rotatable bonds is 62. The molecule has 0 heterocycles. The molecule has 0 amide bonds. The van der Waals surface area contributed by atoms with Gasteiger partial charge in [0.25, 0.3) is 0 Å². The SMILES string of the molecule is CCCCCCC/C=C\C/C=C\C/C=C\CCCCCCCCCCCCCCCCCCC(=O)OCC(COC(=O)CCCCCCCCC)OC(=O)CCCCCCCCCCCCCCCCCCCCC. The maximum absolute atomic E-state index is 12.9. The summed E-state index contributed by atoms with van der Waals surface area (Å²) >= 11 is 0. The van der Waals surface area contributed by atoms with E-state index < -0.39 is 6.10 Å². The van der Waals surface area contributed by atoms with E-state index in [0.717, 1.165) is 70.6 Å². The van der Waals surface area contributed by atoms with Gasteiger partial charge in [-0.2, -0.15) is 0 Å². The van der Waals surface area contributed by atoms with E-state index >= 15 is 0 Å². The van der Waals surface area contributed by atoms with Crippen LogP contribution in [0.4, 0.5) is 0 Å². The average molecular weight is 1050 g/mol. The molecule has 0 saturated heterocycles. The third-order valence-electron chi connectivity index (χ3n) is 15.1. The molecule has 0 radical (unpaired) electrons. The third-order valence-corrected chi connectivity index (χ3v) is 15.1. The van der Waals surface area contributed by atoms with E-state index in [0.29, 0.717) is 19.3 Å². The van der Waals surface area contributed by atoms with Crippen LogP contribution < -0.4 is 0 Å². The van der Waals surface area contributed by atoms with Crippen molar-refractivity contribution in [3.63, 3.8) is 0 Å². The Balaban J connectivity index is 4.01. The van der Waals surface area contributed by atoms with Gasteiger partial charge in [0.1, 0.15) is 13.2 Å². The molecule has 0 rings (SSSR count). The zero-order chi connectivity index (χ0) is 54.3. The van der Waals surface area contributed by atoms with E-state index in [1.807, 2.05) is 0 Å². The molecule has 0 aromatic rings. The Morgan fingerprint density at radius 2 is 0.480 bits per heavy atom. The Morgan fingerprint density at radius 3 is 0.747 bits per heavy atom. The van der Waals surface area contributed by atoms with Crippen LogP contribution in [0.1, 0.15) is 367 Å². The van der Waals surface area contributed by atoms with Crippen LogP contribution in [0.25, 0.3) is 0 Å². The maximum atomic E-state index is 12.9. The molecule has 0 saturated carbocycles. The van der Waals surface area contributed by atoms with Crippen molar-refractivity contribution in [2.45, 2.75) is 374 Å². The highest BCUT2D eigenvalue weighted by atomic mass is 16.6. The van der Waals surface area contributed by atoms with Crippen LogP contribution in [-0.2, 0) is 28.6 Å². The summed E-state index contributed by atoms with van der Waals surface area (Å²) in [4.78, 5) is 38.1. The summed E-state index contributed by atoms with van der Waals surface area (Å²) in [6.07, 6.45) is 79.1. The first kappa shape index (κ1) is 72.6. The van der Waals surface area contributed by atoms with Crippen molar-refractivity contribution in [3.8, 4) is 0 Å². The third kappa shape index (κ3) is 62.4. The lowest BCUT2D eigenvalue weighted by atomic mass is 10.0. The second-order valence-corrected chi connectivity index (χ2v) is 22.7. The molecule has 0 aliphatic rings. The first-order chi connectivity index (χ1) is 37.0. The van der Waals surface area contributed by atoms with Crippen LogP contribution in [0.3, 0.4) is 0 Å². The predicted octanol–water partition coefficient (Wildman–Crippen LogP) is 22.8. The minimum Gasteiger partial charge on any atom is -0.462 e. The number of carbonyl (C=O) groups excluding carboxylic acids is 3. The molecule has 0 aromatic carbocycles. The average Bonchev–Trinajstić information content (AvgIpc) is 3.41. The molecule has 6 heteroatoms. The van der Waals surface area contributed by atoms with Crippen molar-refractivity contribution in [2.24, 2.45) is 0 Å². The summed E-state index contributed by atoms with van der Waals surface area (Å²) in [7, 11) is 0. The maximum Gasteiger partial charge on any atom is 0.306 e. The van der Waals surface area contributed by atoms with Gasteiger partial charge in [0.2, 0.25) is 0 Å². The largest absolute Gasteiger partial charge is 0.462 e. The Morgan fingerprint density at radius 1 is 0.267 bits per heavy atom. The van der Waals surface area contributed by atoms with E-state index in [1.165, 1.54) is 257 Å². The first-order valence-corrected chi connectivity index (χ1v) is 33.5. The first-order valence-electron chi connectivity index (χ1n) is 33.5. The summed E-state index contributed by atoms with van der Waals surface area (Å²) in [6, 6.07) is 0. The molecule has 75 heavy (non-hydrogen) atoms. The van der Waals surface area contributed by atoms with Gasteiger partial charge in [-0.05, 0) is 57.8 Å². The van der Waals surface area contributed by atoms with Crippen LogP contribution in [0.15, 0.2) is 36.5 Å². The van der Waals surface area contributed by atoms with E-state index in [2.05, 4.69) is 57.2 Å². The fourth-order valence-electron chi connectivity index (χ4n) is 10.1. The number of ether oxygens (including phenoxy) is 3. The summed E-state index contributed by atoms with van der Waals surface area (Å²) < 4.78 is 16.9. The Hall–Kier alpha value is -2.37. The highest BCUT2D eigenvalue weighted by Crippen LogP contribution is 2.18. The Bertz CT molecular complexity index is 1250. The van der Waals surface area contributed by atoms with Crippen LogP contribution >= 0.6 is 0 Å². The molecule has 0 aromatic heterocycles. The molecule has 1 unspecified atom stereocenters. The standard InChI is InChI=1S/C69H128O6/c1-4-7-10-13-16-18-20-22-24-26-28-29-30-31-32-33-34-35-36-37-38-39-41-42-44-46-48-50-53-56-59-62-68(71)74-65-66(64-73-67(70)61-58-55-52-15-12-9-6-3)75-69(72)63-60-57-54-51-49-47-45-43-40-27-25-23-21-19-17-14-11-8-5-2/h20,22,26,28,30-31,66H,4-19,21,23-25,27,29,32-65H2,1-3H3/b22-20-,28-26-,31-30-. The minimum atomic E-state index is -0.765. The second-order valence-electron chi connectivity index (χ2n) is 22.7. The van der Waals surface area contributed by atoms with E-state index in [-0.39, 0.29) is 31.1 Å². The number of unbranched alkanes of at least 4 members (excludes halogenated alkanes) is 45. The molecule has 1 atom stereocenters.